The third kappa shape index (κ3) is 2.38. The van der Waals surface area contributed by atoms with Crippen molar-refractivity contribution in [3.63, 3.8) is 0 Å². The first-order valence-corrected chi connectivity index (χ1v) is 7.20. The number of nitrogens with zero attached hydrogens (tertiary/aromatic N) is 3. The Morgan fingerprint density at radius 1 is 0.950 bits per heavy atom. The molecule has 3 rings (SSSR count). The molecule has 0 spiro atoms. The molecule has 2 aromatic rings. The molecular formula is C16H20N4. The van der Waals surface area contributed by atoms with Gasteiger partial charge in [0, 0.05) is 35.3 Å². The van der Waals surface area contributed by atoms with Gasteiger partial charge in [-0.1, -0.05) is 0 Å². The fraction of sp³-hybridized carbons (Fsp3) is 0.438. The molecule has 0 atom stereocenters. The first kappa shape index (κ1) is 13.0. The van der Waals surface area contributed by atoms with E-state index in [9.17, 15) is 0 Å². The topological polar surface area (TPSA) is 50.7 Å². The highest BCUT2D eigenvalue weighted by Gasteiger charge is 2.18. The van der Waals surface area contributed by atoms with E-state index in [0.717, 1.165) is 41.4 Å². The minimum absolute atomic E-state index is 0.809. The second-order valence-corrected chi connectivity index (χ2v) is 5.42. The van der Waals surface area contributed by atoms with Crippen LogP contribution in [0.5, 0.6) is 0 Å². The van der Waals surface area contributed by atoms with Gasteiger partial charge in [-0.05, 0) is 51.7 Å². The van der Waals surface area contributed by atoms with Crippen LogP contribution in [0.3, 0.4) is 0 Å². The first-order chi connectivity index (χ1) is 9.67. The fourth-order valence-electron chi connectivity index (χ4n) is 2.89. The summed E-state index contributed by atoms with van der Waals surface area (Å²) in [6.45, 7) is 4.02. The summed E-state index contributed by atoms with van der Waals surface area (Å²) in [5.41, 5.74) is 5.57. The molecule has 0 radical (unpaired) electrons. The Bertz CT molecular complexity index is 612. The molecule has 0 bridgehead atoms. The molecule has 0 fully saturated rings. The van der Waals surface area contributed by atoms with Gasteiger partial charge in [0.25, 0.3) is 0 Å². The SMILES string of the molecule is CNc1nc(-c2cc(C)nc(C)c2)nc2c1CCCC2. The molecule has 2 heterocycles. The standard InChI is InChI=1S/C16H20N4/c1-10-8-12(9-11(2)18-10)15-19-14-7-5-4-6-13(14)16(17-3)20-15/h8-9H,4-7H2,1-3H3,(H,17,19,20). The number of aromatic nitrogens is 3. The average Bonchev–Trinajstić information content (AvgIpc) is 2.45. The highest BCUT2D eigenvalue weighted by molar-refractivity contribution is 5.61. The van der Waals surface area contributed by atoms with Gasteiger partial charge >= 0.3 is 0 Å². The Kier molecular flexibility index (Phi) is 3.38. The van der Waals surface area contributed by atoms with E-state index in [-0.39, 0.29) is 0 Å². The van der Waals surface area contributed by atoms with Gasteiger partial charge in [-0.3, -0.25) is 4.98 Å². The Morgan fingerprint density at radius 3 is 2.35 bits per heavy atom. The quantitative estimate of drug-likeness (QED) is 0.909. The third-order valence-corrected chi connectivity index (χ3v) is 3.76. The van der Waals surface area contributed by atoms with Crippen LogP contribution in [-0.2, 0) is 12.8 Å². The second kappa shape index (κ2) is 5.19. The van der Waals surface area contributed by atoms with Crippen LogP contribution in [-0.4, -0.2) is 22.0 Å². The summed E-state index contributed by atoms with van der Waals surface area (Å²) < 4.78 is 0. The molecule has 104 valence electrons. The normalized spacial score (nSPS) is 13.9. The molecule has 0 saturated heterocycles. The van der Waals surface area contributed by atoms with Crippen molar-refractivity contribution in [2.75, 3.05) is 12.4 Å². The molecule has 1 N–H and O–H groups in total. The van der Waals surface area contributed by atoms with Gasteiger partial charge in [-0.2, -0.15) is 0 Å². The minimum atomic E-state index is 0.809. The zero-order valence-corrected chi connectivity index (χ0v) is 12.3. The first-order valence-electron chi connectivity index (χ1n) is 7.20. The Balaban J connectivity index is 2.14. The summed E-state index contributed by atoms with van der Waals surface area (Å²) in [6.07, 6.45) is 4.60. The van der Waals surface area contributed by atoms with Gasteiger partial charge < -0.3 is 5.32 Å². The predicted molar refractivity (Wildman–Crippen MR) is 80.9 cm³/mol. The number of aryl methyl sites for hydroxylation is 3. The predicted octanol–water partition coefficient (Wildman–Crippen LogP) is 3.08. The summed E-state index contributed by atoms with van der Waals surface area (Å²) in [4.78, 5) is 13.9. The zero-order valence-electron chi connectivity index (χ0n) is 12.3. The molecular weight excluding hydrogens is 248 g/mol. The lowest BCUT2D eigenvalue weighted by atomic mass is 9.96. The third-order valence-electron chi connectivity index (χ3n) is 3.76. The molecule has 20 heavy (non-hydrogen) atoms. The van der Waals surface area contributed by atoms with Crippen LogP contribution in [0.4, 0.5) is 5.82 Å². The fourth-order valence-corrected chi connectivity index (χ4v) is 2.89. The van der Waals surface area contributed by atoms with E-state index in [1.807, 2.05) is 20.9 Å². The van der Waals surface area contributed by atoms with Gasteiger partial charge in [0.1, 0.15) is 5.82 Å². The van der Waals surface area contributed by atoms with Crippen molar-refractivity contribution in [1.82, 2.24) is 15.0 Å². The highest BCUT2D eigenvalue weighted by atomic mass is 15.0. The van der Waals surface area contributed by atoms with Crippen LogP contribution in [0.2, 0.25) is 0 Å². The smallest absolute Gasteiger partial charge is 0.161 e. The van der Waals surface area contributed by atoms with E-state index in [4.69, 9.17) is 9.97 Å². The molecule has 0 aromatic carbocycles. The minimum Gasteiger partial charge on any atom is -0.373 e. The van der Waals surface area contributed by atoms with Crippen LogP contribution in [0.1, 0.15) is 35.5 Å². The van der Waals surface area contributed by atoms with Crippen molar-refractivity contribution in [1.29, 1.82) is 0 Å². The number of anilines is 1. The molecule has 1 aliphatic carbocycles. The largest absolute Gasteiger partial charge is 0.373 e. The second-order valence-electron chi connectivity index (χ2n) is 5.42. The van der Waals surface area contributed by atoms with Crippen molar-refractivity contribution in [2.45, 2.75) is 39.5 Å². The molecule has 2 aromatic heterocycles. The molecule has 1 aliphatic rings. The van der Waals surface area contributed by atoms with Crippen LogP contribution >= 0.6 is 0 Å². The maximum Gasteiger partial charge on any atom is 0.161 e. The van der Waals surface area contributed by atoms with Crippen molar-refractivity contribution >= 4 is 5.82 Å². The molecule has 0 unspecified atom stereocenters. The summed E-state index contributed by atoms with van der Waals surface area (Å²) in [5.74, 6) is 1.79. The van der Waals surface area contributed by atoms with E-state index in [1.165, 1.54) is 24.1 Å². The number of hydrogen-bond donors (Lipinski definition) is 1. The number of nitrogens with one attached hydrogen (secondary N) is 1. The van der Waals surface area contributed by atoms with Crippen molar-refractivity contribution in [3.8, 4) is 11.4 Å². The van der Waals surface area contributed by atoms with Gasteiger partial charge in [0.15, 0.2) is 5.82 Å². The zero-order chi connectivity index (χ0) is 14.1. The summed E-state index contributed by atoms with van der Waals surface area (Å²) in [6, 6.07) is 4.11. The molecule has 0 amide bonds. The average molecular weight is 268 g/mol. The van der Waals surface area contributed by atoms with E-state index in [0.29, 0.717) is 0 Å². The molecule has 0 aliphatic heterocycles. The van der Waals surface area contributed by atoms with Crippen molar-refractivity contribution in [3.05, 3.63) is 34.8 Å². The van der Waals surface area contributed by atoms with Crippen molar-refractivity contribution in [2.24, 2.45) is 0 Å². The maximum absolute atomic E-state index is 4.80. The highest BCUT2D eigenvalue weighted by Crippen LogP contribution is 2.28. The monoisotopic (exact) mass is 268 g/mol. The van der Waals surface area contributed by atoms with Crippen LogP contribution in [0.15, 0.2) is 12.1 Å². The summed E-state index contributed by atoms with van der Waals surface area (Å²) in [5, 5.41) is 3.23. The number of pyridine rings is 1. The lowest BCUT2D eigenvalue weighted by Crippen LogP contribution is -2.12. The summed E-state index contributed by atoms with van der Waals surface area (Å²) in [7, 11) is 1.93. The lowest BCUT2D eigenvalue weighted by molar-refractivity contribution is 0.665. The Morgan fingerprint density at radius 2 is 1.65 bits per heavy atom. The van der Waals surface area contributed by atoms with E-state index >= 15 is 0 Å². The van der Waals surface area contributed by atoms with E-state index in [1.54, 1.807) is 0 Å². The van der Waals surface area contributed by atoms with Crippen LogP contribution in [0.25, 0.3) is 11.4 Å². The number of hydrogen-bond acceptors (Lipinski definition) is 4. The van der Waals surface area contributed by atoms with E-state index in [2.05, 4.69) is 22.4 Å². The Hall–Kier alpha value is -1.97. The van der Waals surface area contributed by atoms with Gasteiger partial charge in [0.2, 0.25) is 0 Å². The van der Waals surface area contributed by atoms with Gasteiger partial charge in [0.05, 0.1) is 0 Å². The summed E-state index contributed by atoms with van der Waals surface area (Å²) >= 11 is 0. The van der Waals surface area contributed by atoms with Gasteiger partial charge in [-0.15, -0.1) is 0 Å². The Labute approximate surface area is 119 Å². The number of rotatable bonds is 2. The lowest BCUT2D eigenvalue weighted by Gasteiger charge is -2.19. The van der Waals surface area contributed by atoms with Crippen LogP contribution in [0, 0.1) is 13.8 Å². The van der Waals surface area contributed by atoms with E-state index < -0.39 is 0 Å². The maximum atomic E-state index is 4.80. The number of fused-ring (bicyclic) bond motifs is 1. The van der Waals surface area contributed by atoms with Gasteiger partial charge in [-0.25, -0.2) is 9.97 Å². The van der Waals surface area contributed by atoms with Crippen molar-refractivity contribution < 1.29 is 0 Å². The molecule has 4 nitrogen and oxygen atoms in total. The molecule has 0 saturated carbocycles. The molecule has 4 heteroatoms. The van der Waals surface area contributed by atoms with Crippen LogP contribution < -0.4 is 5.32 Å².